The van der Waals surface area contributed by atoms with Crippen molar-refractivity contribution < 1.29 is 24.2 Å². The first-order valence-corrected chi connectivity index (χ1v) is 7.05. The summed E-state index contributed by atoms with van der Waals surface area (Å²) in [6, 6.07) is -1.59. The van der Waals surface area contributed by atoms with Crippen molar-refractivity contribution in [1.82, 2.24) is 10.2 Å². The van der Waals surface area contributed by atoms with Gasteiger partial charge in [0.05, 0.1) is 0 Å². The van der Waals surface area contributed by atoms with Crippen LogP contribution in [0.2, 0.25) is 0 Å². The van der Waals surface area contributed by atoms with Gasteiger partial charge in [0.15, 0.2) is 0 Å². The Morgan fingerprint density at radius 3 is 2.38 bits per heavy atom. The van der Waals surface area contributed by atoms with E-state index in [-0.39, 0.29) is 11.8 Å². The van der Waals surface area contributed by atoms with Crippen LogP contribution in [0.4, 0.5) is 4.79 Å². The van der Waals surface area contributed by atoms with Crippen LogP contribution in [0, 0.1) is 5.92 Å². The van der Waals surface area contributed by atoms with Gasteiger partial charge in [-0.15, -0.1) is 0 Å². The lowest BCUT2D eigenvalue weighted by Gasteiger charge is -2.27. The highest BCUT2D eigenvalue weighted by Gasteiger charge is 2.41. The third-order valence-corrected chi connectivity index (χ3v) is 3.15. The second kappa shape index (κ2) is 6.32. The molecule has 0 aromatic carbocycles. The standard InChI is InChI=1S/C14H24N2O5/c1-8(2)10(12(18)19)16-7-6-9(11(16)17)15-13(20)21-14(3,4)5/h8-10H,6-7H2,1-5H3,(H,15,20)(H,18,19)/t9-,10-/m0/s1. The number of rotatable bonds is 4. The molecule has 7 nitrogen and oxygen atoms in total. The lowest BCUT2D eigenvalue weighted by Crippen LogP contribution is -2.49. The molecule has 1 heterocycles. The van der Waals surface area contributed by atoms with E-state index >= 15 is 0 Å². The van der Waals surface area contributed by atoms with E-state index in [1.165, 1.54) is 4.90 Å². The molecular formula is C14H24N2O5. The number of hydrogen-bond acceptors (Lipinski definition) is 4. The quantitative estimate of drug-likeness (QED) is 0.814. The van der Waals surface area contributed by atoms with Crippen LogP contribution in [-0.2, 0) is 14.3 Å². The number of alkyl carbamates (subject to hydrolysis) is 1. The molecule has 0 aliphatic carbocycles. The first kappa shape index (κ1) is 17.3. The van der Waals surface area contributed by atoms with E-state index in [4.69, 9.17) is 4.74 Å². The Morgan fingerprint density at radius 1 is 1.38 bits per heavy atom. The summed E-state index contributed by atoms with van der Waals surface area (Å²) in [6.45, 7) is 9.01. The second-order valence-electron chi connectivity index (χ2n) is 6.55. The highest BCUT2D eigenvalue weighted by atomic mass is 16.6. The zero-order valence-electron chi connectivity index (χ0n) is 13.2. The summed E-state index contributed by atoms with van der Waals surface area (Å²) in [6.07, 6.45) is -0.284. The van der Waals surface area contributed by atoms with Crippen molar-refractivity contribution in [1.29, 1.82) is 0 Å². The third-order valence-electron chi connectivity index (χ3n) is 3.15. The number of carbonyl (C=O) groups excluding carboxylic acids is 2. The molecule has 0 bridgehead atoms. The summed E-state index contributed by atoms with van der Waals surface area (Å²) in [4.78, 5) is 36.5. The number of carbonyl (C=O) groups is 3. The fourth-order valence-corrected chi connectivity index (χ4v) is 2.34. The SMILES string of the molecule is CC(C)[C@@H](C(=O)O)N1CC[C@H](NC(=O)OC(C)(C)C)C1=O. The maximum atomic E-state index is 12.2. The average molecular weight is 300 g/mol. The van der Waals surface area contributed by atoms with Crippen molar-refractivity contribution in [2.75, 3.05) is 6.54 Å². The summed E-state index contributed by atoms with van der Waals surface area (Å²) in [5.74, 6) is -1.61. The highest BCUT2D eigenvalue weighted by Crippen LogP contribution is 2.20. The molecule has 1 rings (SSSR count). The van der Waals surface area contributed by atoms with E-state index in [1.54, 1.807) is 34.6 Å². The van der Waals surface area contributed by atoms with Gasteiger partial charge in [0, 0.05) is 6.54 Å². The normalized spacial score (nSPS) is 20.6. The fraction of sp³-hybridized carbons (Fsp3) is 0.786. The maximum Gasteiger partial charge on any atom is 0.408 e. The molecule has 1 aliphatic heterocycles. The Balaban J connectivity index is 2.69. The van der Waals surface area contributed by atoms with E-state index in [0.717, 1.165) is 0 Å². The van der Waals surface area contributed by atoms with Crippen molar-refractivity contribution >= 4 is 18.0 Å². The smallest absolute Gasteiger partial charge is 0.408 e. The van der Waals surface area contributed by atoms with Gasteiger partial charge in [-0.25, -0.2) is 9.59 Å². The van der Waals surface area contributed by atoms with E-state index < -0.39 is 29.7 Å². The second-order valence-corrected chi connectivity index (χ2v) is 6.55. The monoisotopic (exact) mass is 300 g/mol. The number of amides is 2. The van der Waals surface area contributed by atoms with Crippen LogP contribution in [0.25, 0.3) is 0 Å². The van der Waals surface area contributed by atoms with Crippen LogP contribution in [0.15, 0.2) is 0 Å². The van der Waals surface area contributed by atoms with Crippen molar-refractivity contribution in [2.24, 2.45) is 5.92 Å². The maximum absolute atomic E-state index is 12.2. The Morgan fingerprint density at radius 2 is 1.95 bits per heavy atom. The fourth-order valence-electron chi connectivity index (χ4n) is 2.34. The van der Waals surface area contributed by atoms with Crippen LogP contribution < -0.4 is 5.32 Å². The van der Waals surface area contributed by atoms with Crippen molar-refractivity contribution in [2.45, 2.75) is 58.7 Å². The number of nitrogens with one attached hydrogen (secondary N) is 1. The van der Waals surface area contributed by atoms with Crippen molar-refractivity contribution in [3.63, 3.8) is 0 Å². The van der Waals surface area contributed by atoms with Crippen LogP contribution >= 0.6 is 0 Å². The van der Waals surface area contributed by atoms with Gasteiger partial charge in [-0.2, -0.15) is 0 Å². The molecule has 1 fully saturated rings. The van der Waals surface area contributed by atoms with Crippen molar-refractivity contribution in [3.05, 3.63) is 0 Å². The van der Waals surface area contributed by atoms with Crippen LogP contribution in [-0.4, -0.2) is 52.2 Å². The lowest BCUT2D eigenvalue weighted by atomic mass is 10.0. The Hall–Kier alpha value is -1.79. The molecule has 1 aliphatic rings. The molecule has 7 heteroatoms. The average Bonchev–Trinajstić information content (AvgIpc) is 2.58. The predicted molar refractivity (Wildman–Crippen MR) is 75.7 cm³/mol. The summed E-state index contributed by atoms with van der Waals surface area (Å²) in [5, 5.41) is 11.7. The van der Waals surface area contributed by atoms with E-state index in [2.05, 4.69) is 5.32 Å². The first-order valence-electron chi connectivity index (χ1n) is 7.05. The Bertz CT molecular complexity index is 428. The molecule has 2 amide bonds. The van der Waals surface area contributed by atoms with E-state index in [9.17, 15) is 19.5 Å². The van der Waals surface area contributed by atoms with Gasteiger partial charge >= 0.3 is 12.1 Å². The molecule has 2 atom stereocenters. The number of likely N-dealkylation sites (tertiary alicyclic amines) is 1. The van der Waals surface area contributed by atoms with Crippen LogP contribution in [0.5, 0.6) is 0 Å². The number of ether oxygens (including phenoxy) is 1. The largest absolute Gasteiger partial charge is 0.480 e. The molecule has 0 saturated carbocycles. The first-order chi connectivity index (χ1) is 9.53. The van der Waals surface area contributed by atoms with Gasteiger partial charge in [0.1, 0.15) is 17.7 Å². The molecule has 0 aromatic heterocycles. The summed E-state index contributed by atoms with van der Waals surface area (Å²) in [5.41, 5.74) is -0.646. The molecular weight excluding hydrogens is 276 g/mol. The van der Waals surface area contributed by atoms with Crippen molar-refractivity contribution in [3.8, 4) is 0 Å². The van der Waals surface area contributed by atoms with Gasteiger partial charge in [0.25, 0.3) is 0 Å². The topological polar surface area (TPSA) is 95.9 Å². The molecule has 120 valence electrons. The van der Waals surface area contributed by atoms with Gasteiger partial charge in [0.2, 0.25) is 5.91 Å². The number of carboxylic acids is 1. The third kappa shape index (κ3) is 4.61. The van der Waals surface area contributed by atoms with Gasteiger partial charge in [-0.3, -0.25) is 4.79 Å². The minimum absolute atomic E-state index is 0.202. The molecule has 2 N–H and O–H groups in total. The molecule has 0 aromatic rings. The zero-order valence-corrected chi connectivity index (χ0v) is 13.2. The van der Waals surface area contributed by atoms with E-state index in [0.29, 0.717) is 13.0 Å². The number of carboxylic acid groups (broad SMARTS) is 1. The Labute approximate surface area is 124 Å². The Kier molecular flexibility index (Phi) is 5.20. The molecule has 0 unspecified atom stereocenters. The number of nitrogens with zero attached hydrogens (tertiary/aromatic N) is 1. The molecule has 21 heavy (non-hydrogen) atoms. The number of aliphatic carboxylic acids is 1. The summed E-state index contributed by atoms with van der Waals surface area (Å²) in [7, 11) is 0. The highest BCUT2D eigenvalue weighted by molar-refractivity contribution is 5.91. The van der Waals surface area contributed by atoms with Crippen LogP contribution in [0.1, 0.15) is 41.0 Å². The lowest BCUT2D eigenvalue weighted by molar-refractivity contribution is -0.150. The minimum atomic E-state index is -1.03. The van der Waals surface area contributed by atoms with Gasteiger partial charge in [-0.05, 0) is 33.1 Å². The molecule has 1 saturated heterocycles. The van der Waals surface area contributed by atoms with Crippen LogP contribution in [0.3, 0.4) is 0 Å². The number of hydrogen-bond donors (Lipinski definition) is 2. The predicted octanol–water partition coefficient (Wildman–Crippen LogP) is 1.22. The van der Waals surface area contributed by atoms with Gasteiger partial charge < -0.3 is 20.1 Å². The molecule has 0 spiro atoms. The zero-order chi connectivity index (χ0) is 16.4. The minimum Gasteiger partial charge on any atom is -0.480 e. The van der Waals surface area contributed by atoms with Gasteiger partial charge in [-0.1, -0.05) is 13.8 Å². The van der Waals surface area contributed by atoms with E-state index in [1.807, 2.05) is 0 Å². The molecule has 0 radical (unpaired) electrons. The summed E-state index contributed by atoms with van der Waals surface area (Å²) >= 11 is 0. The summed E-state index contributed by atoms with van der Waals surface area (Å²) < 4.78 is 5.10.